The minimum Gasteiger partial charge on any atom is -0.468 e. The van der Waals surface area contributed by atoms with E-state index >= 15 is 0 Å². The Morgan fingerprint density at radius 3 is 2.25 bits per heavy atom. The monoisotopic (exact) mass is 434 g/mol. The van der Waals surface area contributed by atoms with E-state index in [1.807, 2.05) is 30.3 Å². The third kappa shape index (κ3) is 4.89. The summed E-state index contributed by atoms with van der Waals surface area (Å²) in [5, 5.41) is 9.35. The van der Waals surface area contributed by atoms with Crippen molar-refractivity contribution in [1.82, 2.24) is 15.1 Å². The van der Waals surface area contributed by atoms with E-state index in [2.05, 4.69) is 20.5 Å². The molecule has 1 aromatic heterocycles. The Bertz CT molecular complexity index is 1170. The van der Waals surface area contributed by atoms with Gasteiger partial charge in [-0.25, -0.2) is 4.68 Å². The number of ketones is 1. The van der Waals surface area contributed by atoms with Crippen LogP contribution in [0.2, 0.25) is 0 Å². The fourth-order valence-electron chi connectivity index (χ4n) is 3.12. The molecule has 3 rings (SSSR count). The number of ether oxygens (including phenoxy) is 1. The van der Waals surface area contributed by atoms with Crippen LogP contribution in [-0.2, 0) is 14.3 Å². The van der Waals surface area contributed by atoms with Gasteiger partial charge in [0.2, 0.25) is 0 Å². The second-order valence-corrected chi connectivity index (χ2v) is 6.91. The minimum absolute atomic E-state index is 0.241. The van der Waals surface area contributed by atoms with Crippen LogP contribution < -0.4 is 10.6 Å². The number of aryl methyl sites for hydroxylation is 1. The first-order valence-corrected chi connectivity index (χ1v) is 9.74. The SMILES string of the molecule is COC(=O)CNC(=O)c1ccc(NC(=O)C(=O)c2c(C)nn(-c3ccccc3)c2C)cc1. The third-order valence-electron chi connectivity index (χ3n) is 4.75. The number of hydrogen-bond acceptors (Lipinski definition) is 6. The van der Waals surface area contributed by atoms with Gasteiger partial charge in [0.1, 0.15) is 6.54 Å². The van der Waals surface area contributed by atoms with Crippen molar-refractivity contribution in [3.8, 4) is 5.69 Å². The number of anilines is 1. The summed E-state index contributed by atoms with van der Waals surface area (Å²) < 4.78 is 6.09. The quantitative estimate of drug-likeness (QED) is 0.334. The average Bonchev–Trinajstić information content (AvgIpc) is 3.11. The van der Waals surface area contributed by atoms with Crippen LogP contribution in [0.4, 0.5) is 5.69 Å². The van der Waals surface area contributed by atoms with Crippen molar-refractivity contribution in [2.45, 2.75) is 13.8 Å². The highest BCUT2D eigenvalue weighted by Gasteiger charge is 2.25. The molecule has 0 atom stereocenters. The van der Waals surface area contributed by atoms with E-state index in [0.29, 0.717) is 17.1 Å². The largest absolute Gasteiger partial charge is 0.468 e. The van der Waals surface area contributed by atoms with Gasteiger partial charge in [-0.2, -0.15) is 5.10 Å². The van der Waals surface area contributed by atoms with Gasteiger partial charge in [0.15, 0.2) is 0 Å². The molecule has 9 heteroatoms. The highest BCUT2D eigenvalue weighted by molar-refractivity contribution is 6.47. The number of nitrogens with zero attached hydrogens (tertiary/aromatic N) is 2. The number of benzene rings is 2. The fraction of sp³-hybridized carbons (Fsp3) is 0.174. The summed E-state index contributed by atoms with van der Waals surface area (Å²) in [6, 6.07) is 15.2. The molecule has 3 aromatic rings. The lowest BCUT2D eigenvalue weighted by Crippen LogP contribution is -2.30. The number of para-hydroxylation sites is 1. The van der Waals surface area contributed by atoms with Crippen molar-refractivity contribution < 1.29 is 23.9 Å². The highest BCUT2D eigenvalue weighted by Crippen LogP contribution is 2.19. The summed E-state index contributed by atoms with van der Waals surface area (Å²) in [6.07, 6.45) is 0. The van der Waals surface area contributed by atoms with E-state index in [-0.39, 0.29) is 17.7 Å². The topological polar surface area (TPSA) is 119 Å². The Kier molecular flexibility index (Phi) is 6.79. The Morgan fingerprint density at radius 1 is 0.969 bits per heavy atom. The molecule has 2 amide bonds. The van der Waals surface area contributed by atoms with Gasteiger partial charge in [0.05, 0.1) is 29.7 Å². The Hall–Kier alpha value is -4.27. The predicted molar refractivity (Wildman–Crippen MR) is 117 cm³/mol. The lowest BCUT2D eigenvalue weighted by atomic mass is 10.1. The molecule has 0 aliphatic carbocycles. The summed E-state index contributed by atoms with van der Waals surface area (Å²) in [7, 11) is 1.23. The number of hydrogen-bond donors (Lipinski definition) is 2. The van der Waals surface area contributed by atoms with Crippen LogP contribution in [0.25, 0.3) is 5.69 Å². The van der Waals surface area contributed by atoms with Gasteiger partial charge in [-0.3, -0.25) is 19.2 Å². The summed E-state index contributed by atoms with van der Waals surface area (Å²) in [4.78, 5) is 48.5. The average molecular weight is 434 g/mol. The molecule has 0 saturated carbocycles. The van der Waals surface area contributed by atoms with Crippen molar-refractivity contribution in [2.75, 3.05) is 19.0 Å². The maximum atomic E-state index is 12.8. The first-order valence-electron chi connectivity index (χ1n) is 9.74. The Labute approximate surface area is 184 Å². The smallest absolute Gasteiger partial charge is 0.325 e. The number of rotatable bonds is 7. The van der Waals surface area contributed by atoms with E-state index in [4.69, 9.17) is 0 Å². The number of carbonyl (C=O) groups is 4. The molecule has 0 spiro atoms. The second kappa shape index (κ2) is 9.69. The van der Waals surface area contributed by atoms with Gasteiger partial charge in [-0.1, -0.05) is 18.2 Å². The van der Waals surface area contributed by atoms with Crippen LogP contribution in [0.15, 0.2) is 54.6 Å². The van der Waals surface area contributed by atoms with Crippen LogP contribution in [0.1, 0.15) is 32.1 Å². The van der Waals surface area contributed by atoms with Crippen LogP contribution in [-0.4, -0.2) is 47.0 Å². The van der Waals surface area contributed by atoms with Gasteiger partial charge in [0, 0.05) is 11.3 Å². The van der Waals surface area contributed by atoms with E-state index in [1.54, 1.807) is 18.5 Å². The first-order chi connectivity index (χ1) is 15.3. The molecule has 9 nitrogen and oxygen atoms in total. The van der Waals surface area contributed by atoms with E-state index < -0.39 is 23.6 Å². The zero-order valence-corrected chi connectivity index (χ0v) is 17.8. The zero-order valence-electron chi connectivity index (χ0n) is 17.8. The maximum absolute atomic E-state index is 12.8. The van der Waals surface area contributed by atoms with Gasteiger partial charge in [-0.15, -0.1) is 0 Å². The van der Waals surface area contributed by atoms with Crippen molar-refractivity contribution in [1.29, 1.82) is 0 Å². The highest BCUT2D eigenvalue weighted by atomic mass is 16.5. The Morgan fingerprint density at radius 2 is 1.62 bits per heavy atom. The van der Waals surface area contributed by atoms with E-state index in [0.717, 1.165) is 5.69 Å². The van der Waals surface area contributed by atoms with Crippen molar-refractivity contribution in [2.24, 2.45) is 0 Å². The molecule has 2 aromatic carbocycles. The second-order valence-electron chi connectivity index (χ2n) is 6.91. The summed E-state index contributed by atoms with van der Waals surface area (Å²) in [5.74, 6) is -2.56. The number of methoxy groups -OCH3 is 1. The minimum atomic E-state index is -0.813. The molecular weight excluding hydrogens is 412 g/mol. The fourth-order valence-corrected chi connectivity index (χ4v) is 3.12. The van der Waals surface area contributed by atoms with Crippen LogP contribution in [0, 0.1) is 13.8 Å². The van der Waals surface area contributed by atoms with Crippen molar-refractivity contribution in [3.63, 3.8) is 0 Å². The summed E-state index contributed by atoms with van der Waals surface area (Å²) in [6.45, 7) is 3.15. The number of Topliss-reactive ketones (excluding diaryl/α,β-unsaturated/α-hetero) is 1. The van der Waals surface area contributed by atoms with E-state index in [9.17, 15) is 19.2 Å². The maximum Gasteiger partial charge on any atom is 0.325 e. The normalized spacial score (nSPS) is 10.3. The van der Waals surface area contributed by atoms with Gasteiger partial charge in [0.25, 0.3) is 17.6 Å². The third-order valence-corrected chi connectivity index (χ3v) is 4.75. The number of aromatic nitrogens is 2. The lowest BCUT2D eigenvalue weighted by Gasteiger charge is -2.07. The molecule has 0 aliphatic heterocycles. The van der Waals surface area contributed by atoms with Gasteiger partial charge in [-0.05, 0) is 50.2 Å². The van der Waals surface area contributed by atoms with Crippen LogP contribution in [0.3, 0.4) is 0 Å². The van der Waals surface area contributed by atoms with Gasteiger partial charge < -0.3 is 15.4 Å². The molecule has 0 aliphatic rings. The van der Waals surface area contributed by atoms with Crippen LogP contribution in [0.5, 0.6) is 0 Å². The lowest BCUT2D eigenvalue weighted by molar-refractivity contribution is -0.139. The van der Waals surface area contributed by atoms with Crippen molar-refractivity contribution in [3.05, 3.63) is 77.1 Å². The molecule has 0 saturated heterocycles. The predicted octanol–water partition coefficient (Wildman–Crippen LogP) is 2.21. The molecule has 0 fully saturated rings. The van der Waals surface area contributed by atoms with Gasteiger partial charge >= 0.3 is 5.97 Å². The molecule has 0 radical (unpaired) electrons. The molecule has 0 unspecified atom stereocenters. The number of amides is 2. The molecule has 2 N–H and O–H groups in total. The zero-order chi connectivity index (χ0) is 23.3. The molecular formula is C23H22N4O5. The molecule has 32 heavy (non-hydrogen) atoms. The number of nitrogens with one attached hydrogen (secondary N) is 2. The number of esters is 1. The number of carbonyl (C=O) groups excluding carboxylic acids is 4. The molecule has 164 valence electrons. The van der Waals surface area contributed by atoms with Crippen LogP contribution >= 0.6 is 0 Å². The van der Waals surface area contributed by atoms with Crippen molar-refractivity contribution >= 4 is 29.3 Å². The standard InChI is InChI=1S/C23H22N4O5/c1-14-20(15(2)27(26-14)18-7-5-4-6-8-18)21(29)23(31)25-17-11-9-16(10-12-17)22(30)24-13-19(28)32-3/h4-12H,13H2,1-3H3,(H,24,30)(H,25,31). The Balaban J connectivity index is 1.70. The summed E-state index contributed by atoms with van der Waals surface area (Å²) in [5.41, 5.74) is 2.67. The summed E-state index contributed by atoms with van der Waals surface area (Å²) >= 11 is 0. The molecule has 0 bridgehead atoms. The first kappa shape index (κ1) is 22.4. The molecule has 1 heterocycles. The van der Waals surface area contributed by atoms with E-state index in [1.165, 1.54) is 31.4 Å².